The summed E-state index contributed by atoms with van der Waals surface area (Å²) in [6.07, 6.45) is 2.27. The Morgan fingerprint density at radius 1 is 0.677 bits per heavy atom. The Morgan fingerprint density at radius 2 is 1.06 bits per heavy atom. The first-order valence-electron chi connectivity index (χ1n) is 11.0. The predicted molar refractivity (Wildman–Crippen MR) is 129 cm³/mol. The van der Waals surface area contributed by atoms with Crippen molar-refractivity contribution in [1.29, 1.82) is 0 Å². The van der Waals surface area contributed by atoms with Crippen molar-refractivity contribution in [1.82, 2.24) is 0 Å². The van der Waals surface area contributed by atoms with Gasteiger partial charge in [-0.15, -0.1) is 81.2 Å². The van der Waals surface area contributed by atoms with Gasteiger partial charge in [0.15, 0.2) is 0 Å². The van der Waals surface area contributed by atoms with Gasteiger partial charge in [-0.1, -0.05) is 26.0 Å². The summed E-state index contributed by atoms with van der Waals surface area (Å²) in [6, 6.07) is 33.2. The molecule has 0 saturated carbocycles. The molecule has 2 aliphatic rings. The maximum Gasteiger partial charge on any atom is -0.0487 e. The smallest absolute Gasteiger partial charge is 0.0487 e. The maximum absolute atomic E-state index is 2.26. The van der Waals surface area contributed by atoms with Crippen LogP contribution in [0.5, 0.6) is 0 Å². The summed E-state index contributed by atoms with van der Waals surface area (Å²) in [4.78, 5) is 0. The Hall–Kier alpha value is -0.443. The molecule has 0 atom stereocenters. The van der Waals surface area contributed by atoms with E-state index in [9.17, 15) is 0 Å². The molecule has 164 valence electrons. The summed E-state index contributed by atoms with van der Waals surface area (Å²) in [5.41, 5.74) is 3.95. The van der Waals surface area contributed by atoms with E-state index in [0.717, 1.165) is 12.8 Å². The number of fused-ring (bicyclic) bond motifs is 2. The zero-order valence-electron chi connectivity index (χ0n) is 18.4. The molecule has 2 bridgehead atoms. The first-order valence-corrected chi connectivity index (χ1v) is 22.2. The quantitative estimate of drug-likeness (QED) is 0.257. The van der Waals surface area contributed by atoms with E-state index in [4.69, 9.17) is 0 Å². The van der Waals surface area contributed by atoms with Crippen LogP contribution in [0.4, 0.5) is 0 Å². The number of hydrogen-bond acceptors (Lipinski definition) is 0. The third-order valence-corrected chi connectivity index (χ3v) is 36.2. The fraction of sp³-hybridized carbons (Fsp3) is 0.308. The largest absolute Gasteiger partial charge is 1.00 e. The van der Waals surface area contributed by atoms with E-state index >= 15 is 0 Å². The van der Waals surface area contributed by atoms with Crippen LogP contribution in [0.25, 0.3) is 21.5 Å². The molecule has 0 aliphatic carbocycles. The Bertz CT molecular complexity index is 1010. The summed E-state index contributed by atoms with van der Waals surface area (Å²) < 4.78 is 0. The van der Waals surface area contributed by atoms with Crippen molar-refractivity contribution in [2.75, 3.05) is 0 Å². The molecule has 0 saturated heterocycles. The molecule has 6 rings (SSSR count). The zero-order valence-corrected chi connectivity index (χ0v) is 24.4. The van der Waals surface area contributed by atoms with Gasteiger partial charge in [-0.3, -0.25) is 0 Å². The van der Waals surface area contributed by atoms with Crippen LogP contribution in [-0.2, 0) is 33.3 Å². The van der Waals surface area contributed by atoms with Gasteiger partial charge in [-0.05, 0) is 12.8 Å². The summed E-state index contributed by atoms with van der Waals surface area (Å²) in [5.74, 6) is 0. The fourth-order valence-electron chi connectivity index (χ4n) is 4.19. The maximum atomic E-state index is 2.26. The van der Waals surface area contributed by atoms with E-state index < -0.39 is 0 Å². The minimum Gasteiger partial charge on any atom is -1.00 e. The third-order valence-electron chi connectivity index (χ3n) is 5.98. The standard InChI is InChI=1S/2C11H11.C4H8Si2.2ClH.Zr/c2*1-2-9-7-10-5-3-4-6-11(10)8-9;1-2-6-4-3-5-1;;;/h2*3-8H,2H2,1H3;1-4H2;2*1H;/q2*-1;;;;/p-2. The summed E-state index contributed by atoms with van der Waals surface area (Å²) in [6.45, 7) is 4.38. The van der Waals surface area contributed by atoms with Crippen molar-refractivity contribution in [2.24, 2.45) is 0 Å². The van der Waals surface area contributed by atoms with Crippen LogP contribution >= 0.6 is 0 Å². The van der Waals surface area contributed by atoms with Gasteiger partial charge in [0, 0.05) is 0 Å². The SMILES string of the molecule is C1C[Si]2=[Zr]=[Si]1CC2.CCc1cc2ccccc2[cH-]1.CCc1cc2ccccc2[cH-]1.[Cl-].[Cl-]. The Balaban J connectivity index is 0.000000164. The van der Waals surface area contributed by atoms with Crippen LogP contribution in [0, 0.1) is 0 Å². The third kappa shape index (κ3) is 7.27. The summed E-state index contributed by atoms with van der Waals surface area (Å²) in [5, 5.41) is 5.46. The second kappa shape index (κ2) is 13.3. The van der Waals surface area contributed by atoms with Crippen LogP contribution in [0.3, 0.4) is 0 Å². The molecular formula is C26H30Cl2Si2Zr-4. The van der Waals surface area contributed by atoms with E-state index in [1.165, 1.54) is 32.7 Å². The average Bonchev–Trinajstić information content (AvgIpc) is 3.57. The molecular weight excluding hydrogens is 531 g/mol. The van der Waals surface area contributed by atoms with Crippen molar-refractivity contribution < 1.29 is 45.3 Å². The molecule has 0 N–H and O–H groups in total. The summed E-state index contributed by atoms with van der Waals surface area (Å²) in [7, 11) is 0. The van der Waals surface area contributed by atoms with Crippen LogP contribution in [-0.4, -0.2) is 10.9 Å². The van der Waals surface area contributed by atoms with Crippen LogP contribution in [0.2, 0.25) is 24.2 Å². The first-order chi connectivity index (χ1) is 14.2. The van der Waals surface area contributed by atoms with Crippen molar-refractivity contribution in [2.45, 2.75) is 50.9 Å². The monoisotopic (exact) mass is 558 g/mol. The molecule has 0 aromatic heterocycles. The molecule has 0 nitrogen and oxygen atoms in total. The van der Waals surface area contributed by atoms with Gasteiger partial charge in [-0.25, -0.2) is 0 Å². The van der Waals surface area contributed by atoms with Gasteiger partial charge in [-0.2, -0.15) is 12.1 Å². The van der Waals surface area contributed by atoms with E-state index in [0.29, 0.717) is 31.3 Å². The molecule has 0 unspecified atom stereocenters. The van der Waals surface area contributed by atoms with Crippen LogP contribution < -0.4 is 24.8 Å². The molecule has 0 spiro atoms. The first kappa shape index (κ1) is 26.8. The van der Waals surface area contributed by atoms with E-state index in [2.05, 4.69) is 86.6 Å². The molecule has 0 amide bonds. The number of hydrogen-bond donors (Lipinski definition) is 0. The number of halogens is 2. The van der Waals surface area contributed by atoms with Crippen molar-refractivity contribution in [3.05, 3.63) is 83.9 Å². The van der Waals surface area contributed by atoms with E-state index in [-0.39, 0.29) is 24.8 Å². The second-order valence-electron chi connectivity index (χ2n) is 8.02. The molecule has 2 heterocycles. The van der Waals surface area contributed by atoms with Gasteiger partial charge in [0.25, 0.3) is 0 Å². The molecule has 4 aromatic rings. The topological polar surface area (TPSA) is 0 Å². The minimum atomic E-state index is 0. The normalized spacial score (nSPS) is 13.2. The van der Waals surface area contributed by atoms with Gasteiger partial charge in [0.1, 0.15) is 0 Å². The molecule has 0 fully saturated rings. The van der Waals surface area contributed by atoms with E-state index in [1.807, 2.05) is 0 Å². The number of benzene rings is 2. The molecule has 31 heavy (non-hydrogen) atoms. The second-order valence-corrected chi connectivity index (χ2v) is 29.4. The van der Waals surface area contributed by atoms with Crippen molar-refractivity contribution in [3.8, 4) is 0 Å². The predicted octanol–water partition coefficient (Wildman–Crippen LogP) is 1.33. The Labute approximate surface area is 211 Å². The van der Waals surface area contributed by atoms with Crippen molar-refractivity contribution >= 4 is 32.4 Å². The average molecular weight is 561 g/mol. The van der Waals surface area contributed by atoms with E-state index in [1.54, 1.807) is 24.2 Å². The number of rotatable bonds is 2. The zero-order chi connectivity index (χ0) is 20.1. The Kier molecular flexibility index (Phi) is 11.5. The van der Waals surface area contributed by atoms with Crippen LogP contribution in [0.1, 0.15) is 25.0 Å². The van der Waals surface area contributed by atoms with Crippen LogP contribution in [0.15, 0.2) is 72.8 Å². The number of aryl methyl sites for hydroxylation is 2. The molecule has 4 aromatic carbocycles. The molecule has 5 heteroatoms. The molecule has 2 aliphatic heterocycles. The Morgan fingerprint density at radius 3 is 1.35 bits per heavy atom. The van der Waals surface area contributed by atoms with Gasteiger partial charge >= 0.3 is 55.5 Å². The summed E-state index contributed by atoms with van der Waals surface area (Å²) >= 11 is 0.465. The van der Waals surface area contributed by atoms with Crippen molar-refractivity contribution in [3.63, 3.8) is 0 Å². The minimum absolute atomic E-state index is 0. The van der Waals surface area contributed by atoms with Gasteiger partial charge in [0.05, 0.1) is 0 Å². The van der Waals surface area contributed by atoms with Gasteiger partial charge < -0.3 is 24.8 Å². The fourth-order valence-corrected chi connectivity index (χ4v) is 46.7. The van der Waals surface area contributed by atoms with Gasteiger partial charge in [0.2, 0.25) is 0 Å². The molecule has 0 radical (unpaired) electrons.